The number of hydrogen-bond donors (Lipinski definition) is 1. The van der Waals surface area contributed by atoms with Gasteiger partial charge in [0, 0.05) is 12.6 Å². The zero-order chi connectivity index (χ0) is 13.2. The number of hydrogen-bond acceptors (Lipinski definition) is 2. The molecule has 0 radical (unpaired) electrons. The Bertz CT molecular complexity index is 727. The van der Waals surface area contributed by atoms with Gasteiger partial charge < -0.3 is 5.73 Å². The van der Waals surface area contributed by atoms with Crippen LogP contribution in [-0.4, -0.2) is 4.98 Å². The minimum absolute atomic E-state index is 0.624. The van der Waals surface area contributed by atoms with Gasteiger partial charge in [0.1, 0.15) is 5.82 Å². The second-order valence-corrected chi connectivity index (χ2v) is 4.87. The standard InChI is InChI=1S/C17H16N2/c1-12-9-15(17(18)19-11-12)10-14-7-4-6-13-5-2-3-8-16(13)14/h2-9,11H,10H2,1H3,(H2,18,19). The SMILES string of the molecule is Cc1cnc(N)c(Cc2cccc3ccccc23)c1. The molecule has 0 atom stereocenters. The molecule has 1 aromatic heterocycles. The van der Waals surface area contributed by atoms with Crippen LogP contribution >= 0.6 is 0 Å². The highest BCUT2D eigenvalue weighted by molar-refractivity contribution is 5.86. The molecular formula is C17H16N2. The predicted molar refractivity (Wildman–Crippen MR) is 80.1 cm³/mol. The summed E-state index contributed by atoms with van der Waals surface area (Å²) in [6, 6.07) is 16.9. The molecule has 3 aromatic rings. The molecule has 2 nitrogen and oxygen atoms in total. The van der Waals surface area contributed by atoms with E-state index >= 15 is 0 Å². The number of nitrogens with two attached hydrogens (primary N) is 1. The molecule has 0 unspecified atom stereocenters. The van der Waals surface area contributed by atoms with Crippen LogP contribution in [-0.2, 0) is 6.42 Å². The first-order chi connectivity index (χ1) is 9.24. The Hall–Kier alpha value is -2.35. The fourth-order valence-corrected chi connectivity index (χ4v) is 2.43. The Morgan fingerprint density at radius 2 is 1.79 bits per heavy atom. The molecule has 0 aliphatic rings. The third-order valence-corrected chi connectivity index (χ3v) is 3.40. The summed E-state index contributed by atoms with van der Waals surface area (Å²) in [5.41, 5.74) is 9.50. The maximum atomic E-state index is 5.97. The lowest BCUT2D eigenvalue weighted by Gasteiger charge is -2.09. The summed E-state index contributed by atoms with van der Waals surface area (Å²) in [5, 5.41) is 2.55. The van der Waals surface area contributed by atoms with Crippen molar-refractivity contribution in [2.45, 2.75) is 13.3 Å². The number of nitrogen functional groups attached to an aromatic ring is 1. The molecule has 0 bridgehead atoms. The van der Waals surface area contributed by atoms with Gasteiger partial charge in [-0.15, -0.1) is 0 Å². The van der Waals surface area contributed by atoms with Gasteiger partial charge in [0.2, 0.25) is 0 Å². The summed E-state index contributed by atoms with van der Waals surface area (Å²) in [4.78, 5) is 4.23. The Kier molecular flexibility index (Phi) is 2.92. The summed E-state index contributed by atoms with van der Waals surface area (Å²) < 4.78 is 0. The van der Waals surface area contributed by atoms with Crippen LogP contribution in [0.4, 0.5) is 5.82 Å². The van der Waals surface area contributed by atoms with Crippen LogP contribution in [0.2, 0.25) is 0 Å². The Balaban J connectivity index is 2.08. The third-order valence-electron chi connectivity index (χ3n) is 3.40. The van der Waals surface area contributed by atoms with E-state index in [2.05, 4.69) is 53.5 Å². The average Bonchev–Trinajstić information content (AvgIpc) is 2.43. The Morgan fingerprint density at radius 1 is 1.00 bits per heavy atom. The monoisotopic (exact) mass is 248 g/mol. The van der Waals surface area contributed by atoms with E-state index in [1.54, 1.807) is 0 Å². The number of pyridine rings is 1. The molecule has 0 spiro atoms. The maximum absolute atomic E-state index is 5.97. The van der Waals surface area contributed by atoms with E-state index in [0.29, 0.717) is 5.82 Å². The number of rotatable bonds is 2. The topological polar surface area (TPSA) is 38.9 Å². The summed E-state index contributed by atoms with van der Waals surface area (Å²) in [7, 11) is 0. The predicted octanol–water partition coefficient (Wildman–Crippen LogP) is 3.72. The van der Waals surface area contributed by atoms with Crippen molar-refractivity contribution in [3.8, 4) is 0 Å². The largest absolute Gasteiger partial charge is 0.383 e. The van der Waals surface area contributed by atoms with Crippen molar-refractivity contribution in [2.75, 3.05) is 5.73 Å². The lowest BCUT2D eigenvalue weighted by Crippen LogP contribution is -1.99. The molecule has 0 aliphatic heterocycles. The van der Waals surface area contributed by atoms with Crippen molar-refractivity contribution in [1.29, 1.82) is 0 Å². The summed E-state index contributed by atoms with van der Waals surface area (Å²) in [6.07, 6.45) is 2.63. The summed E-state index contributed by atoms with van der Waals surface area (Å²) in [6.45, 7) is 2.04. The first-order valence-corrected chi connectivity index (χ1v) is 6.41. The van der Waals surface area contributed by atoms with Crippen LogP contribution in [0, 0.1) is 6.92 Å². The minimum atomic E-state index is 0.624. The van der Waals surface area contributed by atoms with Crippen LogP contribution < -0.4 is 5.73 Å². The molecule has 0 fully saturated rings. The summed E-state index contributed by atoms with van der Waals surface area (Å²) >= 11 is 0. The molecule has 0 saturated heterocycles. The molecular weight excluding hydrogens is 232 g/mol. The van der Waals surface area contributed by atoms with Gasteiger partial charge in [0.25, 0.3) is 0 Å². The van der Waals surface area contributed by atoms with E-state index in [0.717, 1.165) is 17.5 Å². The first kappa shape index (κ1) is 11.7. The zero-order valence-electron chi connectivity index (χ0n) is 10.9. The van der Waals surface area contributed by atoms with Crippen molar-refractivity contribution in [1.82, 2.24) is 4.98 Å². The van der Waals surface area contributed by atoms with Crippen molar-refractivity contribution in [2.24, 2.45) is 0 Å². The number of aryl methyl sites for hydroxylation is 1. The molecule has 19 heavy (non-hydrogen) atoms. The highest BCUT2D eigenvalue weighted by Gasteiger charge is 2.05. The molecule has 94 valence electrons. The van der Waals surface area contributed by atoms with Crippen molar-refractivity contribution in [3.63, 3.8) is 0 Å². The zero-order valence-corrected chi connectivity index (χ0v) is 10.9. The van der Waals surface area contributed by atoms with Crippen LogP contribution in [0.1, 0.15) is 16.7 Å². The van der Waals surface area contributed by atoms with Gasteiger partial charge >= 0.3 is 0 Å². The fraction of sp³-hybridized carbons (Fsp3) is 0.118. The number of fused-ring (bicyclic) bond motifs is 1. The smallest absolute Gasteiger partial charge is 0.126 e. The van der Waals surface area contributed by atoms with E-state index in [-0.39, 0.29) is 0 Å². The Labute approximate surface area is 112 Å². The summed E-state index contributed by atoms with van der Waals surface area (Å²) in [5.74, 6) is 0.624. The van der Waals surface area contributed by atoms with Crippen LogP contribution in [0.15, 0.2) is 54.7 Å². The molecule has 2 heteroatoms. The van der Waals surface area contributed by atoms with E-state index in [1.165, 1.54) is 16.3 Å². The van der Waals surface area contributed by atoms with Gasteiger partial charge in [-0.25, -0.2) is 4.98 Å². The van der Waals surface area contributed by atoms with E-state index < -0.39 is 0 Å². The molecule has 0 amide bonds. The number of anilines is 1. The average molecular weight is 248 g/mol. The molecule has 1 heterocycles. The molecule has 3 rings (SSSR count). The lowest BCUT2D eigenvalue weighted by atomic mass is 9.98. The van der Waals surface area contributed by atoms with Crippen LogP contribution in [0.5, 0.6) is 0 Å². The normalized spacial score (nSPS) is 10.8. The molecule has 0 aliphatic carbocycles. The molecule has 0 saturated carbocycles. The maximum Gasteiger partial charge on any atom is 0.126 e. The second-order valence-electron chi connectivity index (χ2n) is 4.87. The lowest BCUT2D eigenvalue weighted by molar-refractivity contribution is 1.15. The van der Waals surface area contributed by atoms with Crippen molar-refractivity contribution < 1.29 is 0 Å². The van der Waals surface area contributed by atoms with Crippen molar-refractivity contribution in [3.05, 3.63) is 71.4 Å². The van der Waals surface area contributed by atoms with Gasteiger partial charge in [-0.2, -0.15) is 0 Å². The van der Waals surface area contributed by atoms with Crippen molar-refractivity contribution >= 4 is 16.6 Å². The second kappa shape index (κ2) is 4.73. The van der Waals surface area contributed by atoms with E-state index in [9.17, 15) is 0 Å². The minimum Gasteiger partial charge on any atom is -0.383 e. The fourth-order valence-electron chi connectivity index (χ4n) is 2.43. The molecule has 2 N–H and O–H groups in total. The number of aromatic nitrogens is 1. The van der Waals surface area contributed by atoms with Gasteiger partial charge in [-0.3, -0.25) is 0 Å². The highest BCUT2D eigenvalue weighted by atomic mass is 14.8. The highest BCUT2D eigenvalue weighted by Crippen LogP contribution is 2.23. The van der Waals surface area contributed by atoms with Gasteiger partial charge in [0.15, 0.2) is 0 Å². The number of benzene rings is 2. The third kappa shape index (κ3) is 2.29. The van der Waals surface area contributed by atoms with Gasteiger partial charge in [-0.1, -0.05) is 48.5 Å². The van der Waals surface area contributed by atoms with E-state index in [1.807, 2.05) is 13.1 Å². The molecule has 2 aromatic carbocycles. The van der Waals surface area contributed by atoms with E-state index in [4.69, 9.17) is 5.73 Å². The van der Waals surface area contributed by atoms with Crippen LogP contribution in [0.3, 0.4) is 0 Å². The van der Waals surface area contributed by atoms with Crippen LogP contribution in [0.25, 0.3) is 10.8 Å². The first-order valence-electron chi connectivity index (χ1n) is 6.41. The van der Waals surface area contributed by atoms with Gasteiger partial charge in [0.05, 0.1) is 0 Å². The Morgan fingerprint density at radius 3 is 2.68 bits per heavy atom. The quantitative estimate of drug-likeness (QED) is 0.750. The number of nitrogens with zero attached hydrogens (tertiary/aromatic N) is 1. The van der Waals surface area contributed by atoms with Gasteiger partial charge in [-0.05, 0) is 34.4 Å².